The van der Waals surface area contributed by atoms with Crippen LogP contribution in [0.4, 0.5) is 4.79 Å². The highest BCUT2D eigenvalue weighted by molar-refractivity contribution is 5.68. The van der Waals surface area contributed by atoms with Gasteiger partial charge in [0.2, 0.25) is 0 Å². The first kappa shape index (κ1) is 17.2. The Hall–Kier alpha value is -0.850. The maximum atomic E-state index is 12.1. The van der Waals surface area contributed by atoms with Crippen molar-refractivity contribution in [1.82, 2.24) is 15.5 Å². The van der Waals surface area contributed by atoms with Crippen molar-refractivity contribution < 1.29 is 14.3 Å². The van der Waals surface area contributed by atoms with Crippen molar-refractivity contribution in [3.63, 3.8) is 0 Å². The molecular weight excluding hydrogens is 258 g/mol. The minimum absolute atomic E-state index is 0.277. The number of nitrogens with zero attached hydrogens (tertiary/aromatic N) is 1. The number of methoxy groups -OCH3 is 1. The first-order valence-corrected chi connectivity index (χ1v) is 7.33. The summed E-state index contributed by atoms with van der Waals surface area (Å²) in [4.78, 5) is 13.8. The Bertz CT molecular complexity index is 286. The molecule has 0 bridgehead atoms. The SMILES string of the molecule is COCCN(CCNC1CCNC1)C(=O)OC(C)(C)C. The lowest BCUT2D eigenvalue weighted by Gasteiger charge is -2.27. The molecule has 0 saturated carbocycles. The molecule has 0 aromatic rings. The molecule has 1 aliphatic rings. The van der Waals surface area contributed by atoms with E-state index in [0.717, 1.165) is 26.1 Å². The van der Waals surface area contributed by atoms with Gasteiger partial charge in [-0.05, 0) is 33.7 Å². The predicted octanol–water partition coefficient (Wildman–Crippen LogP) is 0.821. The lowest BCUT2D eigenvalue weighted by atomic mass is 10.2. The number of carbonyl (C=O) groups excluding carboxylic acids is 1. The fourth-order valence-corrected chi connectivity index (χ4v) is 2.05. The Labute approximate surface area is 122 Å². The van der Waals surface area contributed by atoms with E-state index in [1.807, 2.05) is 20.8 Å². The maximum Gasteiger partial charge on any atom is 0.410 e. The number of hydrogen-bond acceptors (Lipinski definition) is 5. The monoisotopic (exact) mass is 287 g/mol. The second kappa shape index (κ2) is 8.44. The van der Waals surface area contributed by atoms with Crippen LogP contribution in [-0.2, 0) is 9.47 Å². The van der Waals surface area contributed by atoms with Crippen LogP contribution in [0.25, 0.3) is 0 Å². The van der Waals surface area contributed by atoms with Gasteiger partial charge in [-0.25, -0.2) is 4.79 Å². The molecule has 1 heterocycles. The Balaban J connectivity index is 2.35. The van der Waals surface area contributed by atoms with E-state index in [9.17, 15) is 4.79 Å². The van der Waals surface area contributed by atoms with Gasteiger partial charge in [-0.15, -0.1) is 0 Å². The fourth-order valence-electron chi connectivity index (χ4n) is 2.05. The van der Waals surface area contributed by atoms with Gasteiger partial charge >= 0.3 is 6.09 Å². The Morgan fingerprint density at radius 3 is 2.70 bits per heavy atom. The molecule has 2 N–H and O–H groups in total. The largest absolute Gasteiger partial charge is 0.444 e. The van der Waals surface area contributed by atoms with E-state index >= 15 is 0 Å². The van der Waals surface area contributed by atoms with Gasteiger partial charge in [0, 0.05) is 39.3 Å². The molecule has 6 heteroatoms. The van der Waals surface area contributed by atoms with E-state index in [0.29, 0.717) is 25.7 Å². The topological polar surface area (TPSA) is 62.8 Å². The van der Waals surface area contributed by atoms with Crippen molar-refractivity contribution >= 4 is 6.09 Å². The molecule has 0 aromatic carbocycles. The summed E-state index contributed by atoms with van der Waals surface area (Å²) in [6, 6.07) is 0.512. The van der Waals surface area contributed by atoms with Crippen LogP contribution in [-0.4, -0.2) is 69.1 Å². The van der Waals surface area contributed by atoms with Crippen LogP contribution < -0.4 is 10.6 Å². The van der Waals surface area contributed by atoms with E-state index in [-0.39, 0.29) is 6.09 Å². The molecule has 1 atom stereocenters. The molecule has 1 fully saturated rings. The third kappa shape index (κ3) is 7.07. The summed E-state index contributed by atoms with van der Waals surface area (Å²) in [5.74, 6) is 0. The predicted molar refractivity (Wildman–Crippen MR) is 79.0 cm³/mol. The van der Waals surface area contributed by atoms with Gasteiger partial charge in [0.15, 0.2) is 0 Å². The molecule has 1 amide bonds. The van der Waals surface area contributed by atoms with Crippen molar-refractivity contribution in [3.05, 3.63) is 0 Å². The number of hydrogen-bond donors (Lipinski definition) is 2. The Kier molecular flexibility index (Phi) is 7.26. The normalized spacial score (nSPS) is 19.1. The standard InChI is InChI=1S/C14H29N3O3/c1-14(2,3)20-13(18)17(9-10-19-4)8-7-16-12-5-6-15-11-12/h12,15-16H,5-11H2,1-4H3. The average molecular weight is 287 g/mol. The number of rotatable bonds is 7. The number of amides is 1. The highest BCUT2D eigenvalue weighted by atomic mass is 16.6. The van der Waals surface area contributed by atoms with Gasteiger partial charge in [0.05, 0.1) is 6.61 Å². The summed E-state index contributed by atoms with van der Waals surface area (Å²) < 4.78 is 10.5. The average Bonchev–Trinajstić information content (AvgIpc) is 2.84. The first-order valence-electron chi connectivity index (χ1n) is 7.33. The molecule has 0 radical (unpaired) electrons. The summed E-state index contributed by atoms with van der Waals surface area (Å²) >= 11 is 0. The summed E-state index contributed by atoms with van der Waals surface area (Å²) in [7, 11) is 1.63. The van der Waals surface area contributed by atoms with E-state index in [1.54, 1.807) is 12.0 Å². The van der Waals surface area contributed by atoms with Crippen LogP contribution in [0, 0.1) is 0 Å². The van der Waals surface area contributed by atoms with Gasteiger partial charge in [-0.1, -0.05) is 0 Å². The van der Waals surface area contributed by atoms with Crippen LogP contribution in [0.15, 0.2) is 0 Å². The van der Waals surface area contributed by atoms with Crippen molar-refractivity contribution in [2.45, 2.75) is 38.8 Å². The minimum Gasteiger partial charge on any atom is -0.444 e. The molecular formula is C14H29N3O3. The lowest BCUT2D eigenvalue weighted by molar-refractivity contribution is 0.0203. The van der Waals surface area contributed by atoms with Gasteiger partial charge in [0.25, 0.3) is 0 Å². The molecule has 0 aliphatic carbocycles. The number of ether oxygens (including phenoxy) is 2. The van der Waals surface area contributed by atoms with Crippen LogP contribution in [0.3, 0.4) is 0 Å². The van der Waals surface area contributed by atoms with Crippen molar-refractivity contribution in [1.29, 1.82) is 0 Å². The number of carbonyl (C=O) groups is 1. The van der Waals surface area contributed by atoms with Crippen molar-refractivity contribution in [3.8, 4) is 0 Å². The van der Waals surface area contributed by atoms with Crippen LogP contribution in [0.5, 0.6) is 0 Å². The summed E-state index contributed by atoms with van der Waals surface area (Å²) in [5, 5.41) is 6.76. The minimum atomic E-state index is -0.467. The molecule has 1 unspecified atom stereocenters. The van der Waals surface area contributed by atoms with Gasteiger partial charge < -0.3 is 25.0 Å². The summed E-state index contributed by atoms with van der Waals surface area (Å²) in [6.45, 7) is 10.2. The summed E-state index contributed by atoms with van der Waals surface area (Å²) in [5.41, 5.74) is -0.467. The zero-order valence-electron chi connectivity index (χ0n) is 13.2. The molecule has 0 spiro atoms. The van der Waals surface area contributed by atoms with Gasteiger partial charge in [-0.3, -0.25) is 0 Å². The van der Waals surface area contributed by atoms with Crippen LogP contribution in [0.1, 0.15) is 27.2 Å². The Morgan fingerprint density at radius 1 is 1.40 bits per heavy atom. The Morgan fingerprint density at radius 2 is 2.15 bits per heavy atom. The molecule has 0 aromatic heterocycles. The second-order valence-electron chi connectivity index (χ2n) is 6.10. The summed E-state index contributed by atoms with van der Waals surface area (Å²) in [6.07, 6.45) is 0.866. The van der Waals surface area contributed by atoms with E-state index in [2.05, 4.69) is 10.6 Å². The van der Waals surface area contributed by atoms with E-state index in [4.69, 9.17) is 9.47 Å². The quantitative estimate of drug-likeness (QED) is 0.726. The van der Waals surface area contributed by atoms with Gasteiger partial charge in [0.1, 0.15) is 5.60 Å². The first-order chi connectivity index (χ1) is 9.42. The molecule has 20 heavy (non-hydrogen) atoms. The third-order valence-corrected chi connectivity index (χ3v) is 3.09. The zero-order chi connectivity index (χ0) is 15.0. The molecule has 1 aliphatic heterocycles. The van der Waals surface area contributed by atoms with Crippen LogP contribution >= 0.6 is 0 Å². The molecule has 1 rings (SSSR count). The third-order valence-electron chi connectivity index (χ3n) is 3.09. The van der Waals surface area contributed by atoms with E-state index in [1.165, 1.54) is 0 Å². The molecule has 118 valence electrons. The highest BCUT2D eigenvalue weighted by Crippen LogP contribution is 2.09. The number of nitrogens with one attached hydrogen (secondary N) is 2. The smallest absolute Gasteiger partial charge is 0.410 e. The second-order valence-corrected chi connectivity index (χ2v) is 6.10. The van der Waals surface area contributed by atoms with Crippen molar-refractivity contribution in [2.75, 3.05) is 46.4 Å². The molecule has 6 nitrogen and oxygen atoms in total. The van der Waals surface area contributed by atoms with E-state index < -0.39 is 5.60 Å². The lowest BCUT2D eigenvalue weighted by Crippen LogP contribution is -2.44. The zero-order valence-corrected chi connectivity index (χ0v) is 13.2. The van der Waals surface area contributed by atoms with Crippen LogP contribution in [0.2, 0.25) is 0 Å². The highest BCUT2D eigenvalue weighted by Gasteiger charge is 2.22. The van der Waals surface area contributed by atoms with Gasteiger partial charge in [-0.2, -0.15) is 0 Å². The van der Waals surface area contributed by atoms with Crippen molar-refractivity contribution in [2.24, 2.45) is 0 Å². The maximum absolute atomic E-state index is 12.1. The fraction of sp³-hybridized carbons (Fsp3) is 0.929. The molecule has 1 saturated heterocycles.